The maximum atomic E-state index is 12.0. The molecule has 1 aliphatic rings. The first-order valence-corrected chi connectivity index (χ1v) is 7.84. The molecule has 7 nitrogen and oxygen atoms in total. The minimum absolute atomic E-state index is 0.0555. The van der Waals surface area contributed by atoms with E-state index in [-0.39, 0.29) is 30.4 Å². The van der Waals surface area contributed by atoms with Crippen molar-refractivity contribution < 1.29 is 27.6 Å². The number of hydrogen-bond donors (Lipinski definition) is 2. The summed E-state index contributed by atoms with van der Waals surface area (Å²) in [6.45, 7) is 1.74. The van der Waals surface area contributed by atoms with E-state index in [9.17, 15) is 18.3 Å². The number of rotatable bonds is 4. The number of likely N-dealkylation sites (tertiary alicyclic amines) is 1. The summed E-state index contributed by atoms with van der Waals surface area (Å²) < 4.78 is 28.9. The van der Waals surface area contributed by atoms with Crippen LogP contribution in [0.3, 0.4) is 0 Å². The number of carbonyl (C=O) groups is 1. The van der Waals surface area contributed by atoms with Crippen LogP contribution in [0.25, 0.3) is 0 Å². The van der Waals surface area contributed by atoms with Crippen LogP contribution in [0.4, 0.5) is 4.79 Å². The summed E-state index contributed by atoms with van der Waals surface area (Å²) in [5.74, 6) is -0.351. The van der Waals surface area contributed by atoms with E-state index in [1.54, 1.807) is 12.1 Å². The van der Waals surface area contributed by atoms with Crippen LogP contribution in [0.5, 0.6) is 0 Å². The number of aliphatic hydroxyl groups excluding tert-OH is 1. The van der Waals surface area contributed by atoms with Crippen LogP contribution < -0.4 is 0 Å². The number of benzene rings is 1. The van der Waals surface area contributed by atoms with Gasteiger partial charge in [-0.2, -0.15) is 8.42 Å². The van der Waals surface area contributed by atoms with Gasteiger partial charge in [-0.25, -0.2) is 4.79 Å². The molecule has 0 aromatic heterocycles. The van der Waals surface area contributed by atoms with Gasteiger partial charge in [0.25, 0.3) is 10.1 Å². The minimum atomic E-state index is -3.87. The van der Waals surface area contributed by atoms with E-state index in [1.165, 1.54) is 12.1 Å². The second-order valence-corrected chi connectivity index (χ2v) is 6.68. The number of hydrogen-bond acceptors (Lipinski definition) is 5. The van der Waals surface area contributed by atoms with E-state index < -0.39 is 22.4 Å². The molecule has 1 amide bonds. The van der Waals surface area contributed by atoms with Gasteiger partial charge in [0.2, 0.25) is 0 Å². The highest BCUT2D eigenvalue weighted by molar-refractivity contribution is 7.86. The lowest BCUT2D eigenvalue weighted by atomic mass is 10.1. The zero-order chi connectivity index (χ0) is 15.6. The Morgan fingerprint density at radius 1 is 1.38 bits per heavy atom. The second kappa shape index (κ2) is 6.00. The van der Waals surface area contributed by atoms with E-state index >= 15 is 0 Å². The van der Waals surface area contributed by atoms with Crippen molar-refractivity contribution in [1.29, 1.82) is 0 Å². The van der Waals surface area contributed by atoms with E-state index in [4.69, 9.17) is 9.29 Å². The molecule has 116 valence electrons. The van der Waals surface area contributed by atoms with Crippen molar-refractivity contribution in [3.63, 3.8) is 0 Å². The highest BCUT2D eigenvalue weighted by atomic mass is 32.2. The molecule has 0 bridgehead atoms. The van der Waals surface area contributed by atoms with Crippen LogP contribution in [-0.4, -0.2) is 49.0 Å². The average molecular weight is 315 g/mol. The molecule has 1 heterocycles. The summed E-state index contributed by atoms with van der Waals surface area (Å²) in [7, 11) is -3.87. The molecule has 0 radical (unpaired) electrons. The Morgan fingerprint density at radius 2 is 2.00 bits per heavy atom. The second-order valence-electron chi connectivity index (χ2n) is 5.07. The van der Waals surface area contributed by atoms with Crippen LogP contribution >= 0.6 is 0 Å². The average Bonchev–Trinajstić information content (AvgIpc) is 2.79. The van der Waals surface area contributed by atoms with Crippen molar-refractivity contribution in [2.75, 3.05) is 13.2 Å². The van der Waals surface area contributed by atoms with Gasteiger partial charge in [-0.3, -0.25) is 9.08 Å². The van der Waals surface area contributed by atoms with Gasteiger partial charge in [-0.05, 0) is 25.5 Å². The molecule has 1 fully saturated rings. The SMILES string of the molecule is Cc1ccc(S(=O)(=O)OC[C@@H]2C[C@H](O)N(C(=O)O)C2)cc1. The van der Waals surface area contributed by atoms with Crippen molar-refractivity contribution in [3.8, 4) is 0 Å². The molecule has 2 atom stereocenters. The van der Waals surface area contributed by atoms with E-state index in [1.807, 2.05) is 6.92 Å². The fourth-order valence-electron chi connectivity index (χ4n) is 2.18. The van der Waals surface area contributed by atoms with E-state index in [0.29, 0.717) is 0 Å². The molecular formula is C13H17NO6S. The van der Waals surface area contributed by atoms with E-state index in [0.717, 1.165) is 10.5 Å². The largest absolute Gasteiger partial charge is 0.465 e. The quantitative estimate of drug-likeness (QED) is 0.804. The number of carboxylic acid groups (broad SMARTS) is 1. The maximum absolute atomic E-state index is 12.0. The Bertz CT molecular complexity index is 612. The monoisotopic (exact) mass is 315 g/mol. The van der Waals surface area contributed by atoms with Crippen LogP contribution in [0, 0.1) is 12.8 Å². The highest BCUT2D eigenvalue weighted by Crippen LogP contribution is 2.23. The standard InChI is InChI=1S/C13H17NO6S/c1-9-2-4-11(5-3-9)21(18,19)20-8-10-6-12(15)14(7-10)13(16)17/h2-5,10,12,15H,6-8H2,1H3,(H,16,17)/t10-,12+/m1/s1. The molecule has 0 saturated carbocycles. The summed E-state index contributed by atoms with van der Waals surface area (Å²) in [6.07, 6.45) is -2.18. The summed E-state index contributed by atoms with van der Waals surface area (Å²) >= 11 is 0. The van der Waals surface area contributed by atoms with Crippen molar-refractivity contribution in [1.82, 2.24) is 4.90 Å². The summed E-state index contributed by atoms with van der Waals surface area (Å²) in [6, 6.07) is 6.25. The van der Waals surface area contributed by atoms with E-state index in [2.05, 4.69) is 0 Å². The van der Waals surface area contributed by atoms with Crippen molar-refractivity contribution in [2.24, 2.45) is 5.92 Å². The zero-order valence-corrected chi connectivity index (χ0v) is 12.3. The molecule has 0 unspecified atom stereocenters. The summed E-state index contributed by atoms with van der Waals surface area (Å²) in [4.78, 5) is 11.7. The van der Waals surface area contributed by atoms with Crippen molar-refractivity contribution in [3.05, 3.63) is 29.8 Å². The third kappa shape index (κ3) is 3.72. The Morgan fingerprint density at radius 3 is 2.52 bits per heavy atom. The Hall–Kier alpha value is -1.64. The van der Waals surface area contributed by atoms with Crippen LogP contribution in [0.15, 0.2) is 29.2 Å². The summed E-state index contributed by atoms with van der Waals surface area (Å²) in [5.41, 5.74) is 0.935. The Labute approximate surface area is 122 Å². The first-order chi connectivity index (χ1) is 9.79. The Balaban J connectivity index is 1.97. The topological polar surface area (TPSA) is 104 Å². The number of nitrogens with zero attached hydrogens (tertiary/aromatic N) is 1. The molecule has 1 aliphatic heterocycles. The molecule has 0 aliphatic carbocycles. The Kier molecular flexibility index (Phi) is 4.50. The number of aliphatic hydroxyl groups is 1. The number of amides is 1. The molecule has 21 heavy (non-hydrogen) atoms. The highest BCUT2D eigenvalue weighted by Gasteiger charge is 2.34. The van der Waals surface area contributed by atoms with Crippen LogP contribution in [0.2, 0.25) is 0 Å². The third-order valence-corrected chi connectivity index (χ3v) is 4.67. The van der Waals surface area contributed by atoms with Crippen molar-refractivity contribution >= 4 is 16.2 Å². The van der Waals surface area contributed by atoms with Gasteiger partial charge in [0.15, 0.2) is 0 Å². The van der Waals surface area contributed by atoms with Crippen LogP contribution in [0.1, 0.15) is 12.0 Å². The van der Waals surface area contributed by atoms with Crippen LogP contribution in [-0.2, 0) is 14.3 Å². The lowest BCUT2D eigenvalue weighted by Gasteiger charge is -2.15. The molecule has 8 heteroatoms. The van der Waals surface area contributed by atoms with Gasteiger partial charge >= 0.3 is 6.09 Å². The predicted octanol–water partition coefficient (Wildman–Crippen LogP) is 1.02. The number of aryl methyl sites for hydroxylation is 1. The molecule has 1 aromatic rings. The van der Waals surface area contributed by atoms with Gasteiger partial charge < -0.3 is 10.2 Å². The minimum Gasteiger partial charge on any atom is -0.465 e. The molecule has 0 spiro atoms. The lowest BCUT2D eigenvalue weighted by molar-refractivity contribution is 0.0407. The maximum Gasteiger partial charge on any atom is 0.409 e. The summed E-state index contributed by atoms with van der Waals surface area (Å²) in [5, 5.41) is 18.4. The third-order valence-electron chi connectivity index (χ3n) is 3.37. The van der Waals surface area contributed by atoms with Gasteiger partial charge in [0, 0.05) is 12.5 Å². The molecule has 2 rings (SSSR count). The molecule has 1 aromatic carbocycles. The van der Waals surface area contributed by atoms with Gasteiger partial charge in [-0.1, -0.05) is 17.7 Å². The lowest BCUT2D eigenvalue weighted by Crippen LogP contribution is -2.34. The van der Waals surface area contributed by atoms with Gasteiger partial charge in [0.05, 0.1) is 11.5 Å². The van der Waals surface area contributed by atoms with Gasteiger partial charge in [-0.15, -0.1) is 0 Å². The molecule has 2 N–H and O–H groups in total. The molecule has 1 saturated heterocycles. The molecular weight excluding hydrogens is 298 g/mol. The fraction of sp³-hybridized carbons (Fsp3) is 0.462. The van der Waals surface area contributed by atoms with Gasteiger partial charge in [0.1, 0.15) is 6.23 Å². The fourth-order valence-corrected chi connectivity index (χ4v) is 3.16. The van der Waals surface area contributed by atoms with Crippen molar-refractivity contribution in [2.45, 2.75) is 24.5 Å². The smallest absolute Gasteiger partial charge is 0.409 e. The first-order valence-electron chi connectivity index (χ1n) is 6.43. The zero-order valence-electron chi connectivity index (χ0n) is 11.5. The predicted molar refractivity (Wildman–Crippen MR) is 73.2 cm³/mol. The normalized spacial score (nSPS) is 22.5. The first kappa shape index (κ1) is 15.7.